The fourth-order valence-corrected chi connectivity index (χ4v) is 0.666. The number of hydrogen-bond donors (Lipinski definition) is 2. The highest BCUT2D eigenvalue weighted by atomic mass is 16.4. The largest absolute Gasteiger partial charge is 0.477 e. The van der Waals surface area contributed by atoms with E-state index in [-0.39, 0.29) is 11.3 Å². The number of pyridine rings is 1. The molecular weight excluding hydrogens is 160 g/mol. The van der Waals surface area contributed by atoms with Crippen molar-refractivity contribution in [3.05, 3.63) is 29.6 Å². The molecule has 1 rings (SSSR count). The molecule has 0 fully saturated rings. The van der Waals surface area contributed by atoms with Gasteiger partial charge in [-0.3, -0.25) is 4.79 Å². The summed E-state index contributed by atoms with van der Waals surface area (Å²) in [5.41, 5.74) is 5.00. The molecule has 1 amide bonds. The van der Waals surface area contributed by atoms with Crippen LogP contribution in [-0.2, 0) is 0 Å². The van der Waals surface area contributed by atoms with Gasteiger partial charge >= 0.3 is 5.97 Å². The number of aromatic nitrogens is 1. The number of carbonyl (C=O) groups is 2. The van der Waals surface area contributed by atoms with Crippen molar-refractivity contribution >= 4 is 11.9 Å². The molecule has 1 heterocycles. The Bertz CT molecular complexity index is 285. The van der Waals surface area contributed by atoms with Crippen molar-refractivity contribution < 1.29 is 14.7 Å². The van der Waals surface area contributed by atoms with Crippen molar-refractivity contribution in [3.63, 3.8) is 0 Å². The SMILES string of the molecule is NC(=O)c1ccc(C(=O)O)nc1. The van der Waals surface area contributed by atoms with Crippen molar-refractivity contribution in [1.82, 2.24) is 4.98 Å². The normalized spacial score (nSPS) is 9.33. The number of carboxylic acids is 1. The zero-order chi connectivity index (χ0) is 9.14. The molecule has 0 aromatic carbocycles. The van der Waals surface area contributed by atoms with Crippen LogP contribution in [0.25, 0.3) is 0 Å². The Labute approximate surface area is 67.8 Å². The maximum atomic E-state index is 10.5. The molecule has 5 heteroatoms. The first kappa shape index (κ1) is 8.19. The molecule has 1 aromatic rings. The minimum Gasteiger partial charge on any atom is -0.477 e. The predicted molar refractivity (Wildman–Crippen MR) is 39.7 cm³/mol. The van der Waals surface area contributed by atoms with Crippen LogP contribution in [0.1, 0.15) is 20.8 Å². The number of aromatic carboxylic acids is 1. The molecule has 0 radical (unpaired) electrons. The van der Waals surface area contributed by atoms with Crippen LogP contribution in [0.2, 0.25) is 0 Å². The molecule has 1 aromatic heterocycles. The van der Waals surface area contributed by atoms with Gasteiger partial charge in [0, 0.05) is 6.20 Å². The first-order chi connectivity index (χ1) is 5.61. The first-order valence-corrected chi connectivity index (χ1v) is 3.10. The zero-order valence-corrected chi connectivity index (χ0v) is 6.02. The summed E-state index contributed by atoms with van der Waals surface area (Å²) in [5, 5.41) is 8.44. The fraction of sp³-hybridized carbons (Fsp3) is 0. The summed E-state index contributed by atoms with van der Waals surface area (Å²) in [5.74, 6) is -1.76. The molecule has 0 atom stereocenters. The molecule has 0 aliphatic heterocycles. The summed E-state index contributed by atoms with van der Waals surface area (Å²) in [6, 6.07) is 2.54. The van der Waals surface area contributed by atoms with Gasteiger partial charge in [-0.1, -0.05) is 0 Å². The van der Waals surface area contributed by atoms with Crippen molar-refractivity contribution in [2.75, 3.05) is 0 Å². The van der Waals surface area contributed by atoms with Crippen LogP contribution in [0.4, 0.5) is 0 Å². The van der Waals surface area contributed by atoms with E-state index in [1.165, 1.54) is 12.1 Å². The van der Waals surface area contributed by atoms with E-state index in [2.05, 4.69) is 4.98 Å². The number of amides is 1. The number of rotatable bonds is 2. The summed E-state index contributed by atoms with van der Waals surface area (Å²) < 4.78 is 0. The Balaban J connectivity index is 3.01. The van der Waals surface area contributed by atoms with Gasteiger partial charge in [-0.15, -0.1) is 0 Å². The maximum Gasteiger partial charge on any atom is 0.354 e. The topological polar surface area (TPSA) is 93.3 Å². The number of hydrogen-bond acceptors (Lipinski definition) is 3. The van der Waals surface area contributed by atoms with Crippen LogP contribution in [0.5, 0.6) is 0 Å². The standard InChI is InChI=1S/C7H6N2O3/c8-6(10)4-1-2-5(7(11)12)9-3-4/h1-3H,(H2,8,10)(H,11,12). The second kappa shape index (κ2) is 3.00. The average Bonchev–Trinajstić information content (AvgIpc) is 2.04. The lowest BCUT2D eigenvalue weighted by Crippen LogP contribution is -2.12. The first-order valence-electron chi connectivity index (χ1n) is 3.10. The summed E-state index contributed by atoms with van der Waals surface area (Å²) in [6.07, 6.45) is 1.13. The quantitative estimate of drug-likeness (QED) is 0.640. The highest BCUT2D eigenvalue weighted by Gasteiger charge is 2.05. The van der Waals surface area contributed by atoms with E-state index in [0.717, 1.165) is 6.20 Å². The molecule has 0 aliphatic carbocycles. The molecule has 0 bridgehead atoms. The summed E-state index contributed by atoms with van der Waals surface area (Å²) in [6.45, 7) is 0. The third kappa shape index (κ3) is 1.57. The van der Waals surface area contributed by atoms with Crippen LogP contribution in [0, 0.1) is 0 Å². The van der Waals surface area contributed by atoms with E-state index in [0.29, 0.717) is 0 Å². The van der Waals surface area contributed by atoms with Crippen LogP contribution in [-0.4, -0.2) is 22.0 Å². The fourth-order valence-electron chi connectivity index (χ4n) is 0.666. The lowest BCUT2D eigenvalue weighted by Gasteiger charge is -1.94. The second-order valence-electron chi connectivity index (χ2n) is 2.10. The van der Waals surface area contributed by atoms with E-state index in [4.69, 9.17) is 10.8 Å². The molecule has 0 saturated carbocycles. The molecule has 5 nitrogen and oxygen atoms in total. The van der Waals surface area contributed by atoms with Crippen molar-refractivity contribution in [2.45, 2.75) is 0 Å². The number of carboxylic acid groups (broad SMARTS) is 1. The Hall–Kier alpha value is -1.91. The third-order valence-electron chi connectivity index (χ3n) is 1.27. The van der Waals surface area contributed by atoms with Gasteiger partial charge in [-0.05, 0) is 12.1 Å². The maximum absolute atomic E-state index is 10.5. The van der Waals surface area contributed by atoms with Gasteiger partial charge in [-0.2, -0.15) is 0 Å². The number of nitrogens with zero attached hydrogens (tertiary/aromatic N) is 1. The van der Waals surface area contributed by atoms with Crippen molar-refractivity contribution in [1.29, 1.82) is 0 Å². The van der Waals surface area contributed by atoms with Crippen LogP contribution in [0.3, 0.4) is 0 Å². The van der Waals surface area contributed by atoms with Gasteiger partial charge in [-0.25, -0.2) is 9.78 Å². The van der Waals surface area contributed by atoms with Crippen LogP contribution in [0.15, 0.2) is 18.3 Å². The molecule has 0 aliphatic rings. The molecular formula is C7H6N2O3. The summed E-state index contributed by atoms with van der Waals surface area (Å²) in [4.78, 5) is 24.3. The van der Waals surface area contributed by atoms with E-state index in [9.17, 15) is 9.59 Å². The lowest BCUT2D eigenvalue weighted by atomic mass is 10.2. The zero-order valence-electron chi connectivity index (χ0n) is 6.02. The van der Waals surface area contributed by atoms with E-state index >= 15 is 0 Å². The smallest absolute Gasteiger partial charge is 0.354 e. The third-order valence-corrected chi connectivity index (χ3v) is 1.27. The molecule has 0 spiro atoms. The number of primary amides is 1. The molecule has 3 N–H and O–H groups in total. The van der Waals surface area contributed by atoms with Gasteiger partial charge < -0.3 is 10.8 Å². The molecule has 0 unspecified atom stereocenters. The minimum absolute atomic E-state index is 0.111. The Kier molecular flexibility index (Phi) is 2.05. The van der Waals surface area contributed by atoms with E-state index in [1.807, 2.05) is 0 Å². The Morgan fingerprint density at radius 1 is 1.42 bits per heavy atom. The van der Waals surface area contributed by atoms with Crippen LogP contribution < -0.4 is 5.73 Å². The highest BCUT2D eigenvalue weighted by Crippen LogP contribution is 1.98. The summed E-state index contributed by atoms with van der Waals surface area (Å²) >= 11 is 0. The minimum atomic E-state index is -1.13. The van der Waals surface area contributed by atoms with Crippen LogP contribution >= 0.6 is 0 Å². The van der Waals surface area contributed by atoms with Gasteiger partial charge in [0.1, 0.15) is 5.69 Å². The monoisotopic (exact) mass is 166 g/mol. The number of nitrogens with two attached hydrogens (primary N) is 1. The highest BCUT2D eigenvalue weighted by molar-refractivity contribution is 5.93. The van der Waals surface area contributed by atoms with Gasteiger partial charge in [0.05, 0.1) is 5.56 Å². The van der Waals surface area contributed by atoms with Gasteiger partial charge in [0.25, 0.3) is 0 Å². The van der Waals surface area contributed by atoms with Crippen molar-refractivity contribution in [2.24, 2.45) is 5.73 Å². The average molecular weight is 166 g/mol. The predicted octanol–water partition coefficient (Wildman–Crippen LogP) is -0.121. The van der Waals surface area contributed by atoms with E-state index < -0.39 is 11.9 Å². The molecule has 62 valence electrons. The number of carbonyl (C=O) groups excluding carboxylic acids is 1. The van der Waals surface area contributed by atoms with Gasteiger partial charge in [0.2, 0.25) is 5.91 Å². The summed E-state index contributed by atoms with van der Waals surface area (Å²) in [7, 11) is 0. The molecule has 0 saturated heterocycles. The Morgan fingerprint density at radius 3 is 2.42 bits per heavy atom. The second-order valence-corrected chi connectivity index (χ2v) is 2.10. The Morgan fingerprint density at radius 2 is 2.08 bits per heavy atom. The lowest BCUT2D eigenvalue weighted by molar-refractivity contribution is 0.0690. The van der Waals surface area contributed by atoms with Gasteiger partial charge in [0.15, 0.2) is 0 Å². The molecule has 12 heavy (non-hydrogen) atoms. The van der Waals surface area contributed by atoms with E-state index in [1.54, 1.807) is 0 Å². The van der Waals surface area contributed by atoms with Crippen molar-refractivity contribution in [3.8, 4) is 0 Å².